The lowest BCUT2D eigenvalue weighted by Crippen LogP contribution is -2.02. The Balaban J connectivity index is 1.72. The zero-order valence-electron chi connectivity index (χ0n) is 19.7. The van der Waals surface area contributed by atoms with Crippen LogP contribution in [0.1, 0.15) is 33.4 Å². The van der Waals surface area contributed by atoms with Crippen molar-refractivity contribution in [2.24, 2.45) is 9.98 Å². The van der Waals surface area contributed by atoms with Crippen LogP contribution in [0.5, 0.6) is 0 Å². The van der Waals surface area contributed by atoms with Crippen LogP contribution < -0.4 is 0 Å². The summed E-state index contributed by atoms with van der Waals surface area (Å²) in [4.78, 5) is 9.89. The number of thiophene rings is 1. The molecule has 0 aliphatic heterocycles. The molecule has 0 atom stereocenters. The van der Waals surface area contributed by atoms with Gasteiger partial charge in [-0.25, -0.2) is 9.98 Å². The minimum atomic E-state index is 0.232. The van der Waals surface area contributed by atoms with E-state index in [4.69, 9.17) is 9.98 Å². The summed E-state index contributed by atoms with van der Waals surface area (Å²) in [5.41, 5.74) is 5.60. The third kappa shape index (κ3) is 5.13. The first-order chi connectivity index (χ1) is 18.3. The number of nitriles is 2. The van der Waals surface area contributed by atoms with E-state index in [1.807, 2.05) is 121 Å². The second-order valence-corrected chi connectivity index (χ2v) is 9.05. The largest absolute Gasteiger partial charge is 0.235 e. The Kier molecular flexibility index (Phi) is 7.09. The predicted molar refractivity (Wildman–Crippen MR) is 150 cm³/mol. The third-order valence-electron chi connectivity index (χ3n) is 5.71. The van der Waals surface area contributed by atoms with Crippen LogP contribution in [0.3, 0.4) is 0 Å². The lowest BCUT2D eigenvalue weighted by atomic mass is 10.0. The van der Waals surface area contributed by atoms with Crippen LogP contribution in [0.15, 0.2) is 131 Å². The molecular formula is C32H20N4S. The van der Waals surface area contributed by atoms with Crippen LogP contribution in [0.4, 0.5) is 10.0 Å². The molecule has 1 heterocycles. The molecule has 0 fully saturated rings. The van der Waals surface area contributed by atoms with Crippen LogP contribution >= 0.6 is 11.3 Å². The van der Waals surface area contributed by atoms with E-state index < -0.39 is 0 Å². The van der Waals surface area contributed by atoms with Crippen molar-refractivity contribution in [2.45, 2.75) is 0 Å². The smallest absolute Gasteiger partial charge is 0.138 e. The molecule has 0 bridgehead atoms. The van der Waals surface area contributed by atoms with Crippen molar-refractivity contribution in [3.8, 4) is 12.1 Å². The summed E-state index contributed by atoms with van der Waals surface area (Å²) in [6.07, 6.45) is 0. The molecule has 0 aliphatic carbocycles. The van der Waals surface area contributed by atoms with Gasteiger partial charge in [0.1, 0.15) is 33.3 Å². The summed E-state index contributed by atoms with van der Waals surface area (Å²) in [5.74, 6) is 0. The van der Waals surface area contributed by atoms with Gasteiger partial charge in [-0.15, -0.1) is 0 Å². The van der Waals surface area contributed by atoms with Crippen molar-refractivity contribution in [1.29, 1.82) is 10.5 Å². The lowest BCUT2D eigenvalue weighted by Gasteiger charge is -2.07. The molecule has 5 rings (SSSR count). The van der Waals surface area contributed by atoms with Gasteiger partial charge >= 0.3 is 0 Å². The van der Waals surface area contributed by atoms with Gasteiger partial charge in [0.25, 0.3) is 0 Å². The number of hydrogen-bond donors (Lipinski definition) is 0. The number of benzene rings is 4. The Morgan fingerprint density at radius 3 is 0.973 bits per heavy atom. The van der Waals surface area contributed by atoms with Gasteiger partial charge in [0, 0.05) is 22.3 Å². The lowest BCUT2D eigenvalue weighted by molar-refractivity contribution is 1.43. The van der Waals surface area contributed by atoms with Crippen molar-refractivity contribution in [3.63, 3.8) is 0 Å². The first-order valence-electron chi connectivity index (χ1n) is 11.6. The maximum atomic E-state index is 10.1. The van der Waals surface area contributed by atoms with E-state index in [1.54, 1.807) is 0 Å². The Morgan fingerprint density at radius 2 is 0.730 bits per heavy atom. The van der Waals surface area contributed by atoms with Gasteiger partial charge in [-0.1, -0.05) is 133 Å². The zero-order valence-corrected chi connectivity index (χ0v) is 20.6. The van der Waals surface area contributed by atoms with Crippen LogP contribution in [0.25, 0.3) is 0 Å². The van der Waals surface area contributed by atoms with Gasteiger partial charge in [-0.2, -0.15) is 10.5 Å². The molecular weight excluding hydrogens is 472 g/mol. The van der Waals surface area contributed by atoms with E-state index in [9.17, 15) is 10.5 Å². The molecule has 5 heteroatoms. The normalized spacial score (nSPS) is 10.1. The molecule has 0 spiro atoms. The standard InChI is InChI=1S/C32H20N4S/c33-21-27-28(22-34)32(36-30(25-17-9-3-10-18-25)26-19-11-4-12-20-26)37-31(27)35-29(23-13-5-1-6-14-23)24-15-7-2-8-16-24/h1-20H. The van der Waals surface area contributed by atoms with Crippen molar-refractivity contribution in [2.75, 3.05) is 0 Å². The van der Waals surface area contributed by atoms with Gasteiger partial charge < -0.3 is 0 Å². The summed E-state index contributed by atoms with van der Waals surface area (Å²) < 4.78 is 0. The van der Waals surface area contributed by atoms with Crippen molar-refractivity contribution >= 4 is 32.8 Å². The first kappa shape index (κ1) is 23.6. The minimum Gasteiger partial charge on any atom is -0.235 e. The summed E-state index contributed by atoms with van der Waals surface area (Å²) in [5, 5.41) is 21.0. The molecule has 5 aromatic rings. The summed E-state index contributed by atoms with van der Waals surface area (Å²) in [6, 6.07) is 43.7. The molecule has 1 aromatic heterocycles. The molecule has 0 amide bonds. The van der Waals surface area contributed by atoms with Gasteiger partial charge in [-0.3, -0.25) is 0 Å². The van der Waals surface area contributed by atoms with Crippen molar-refractivity contribution < 1.29 is 0 Å². The molecule has 37 heavy (non-hydrogen) atoms. The quantitative estimate of drug-likeness (QED) is 0.227. The summed E-state index contributed by atoms with van der Waals surface area (Å²) in [7, 11) is 0. The Bertz CT molecular complexity index is 1450. The molecule has 174 valence electrons. The number of nitrogens with zero attached hydrogens (tertiary/aromatic N) is 4. The van der Waals surface area contributed by atoms with Crippen LogP contribution in [0, 0.1) is 22.7 Å². The number of rotatable bonds is 6. The van der Waals surface area contributed by atoms with E-state index in [0.717, 1.165) is 33.7 Å². The molecule has 0 aliphatic rings. The maximum Gasteiger partial charge on any atom is 0.138 e. The number of aliphatic imine (C=N–C) groups is 2. The van der Waals surface area contributed by atoms with Crippen LogP contribution in [-0.2, 0) is 0 Å². The molecule has 4 nitrogen and oxygen atoms in total. The Hall–Kier alpha value is -5.10. The monoisotopic (exact) mass is 492 g/mol. The fourth-order valence-corrected chi connectivity index (χ4v) is 4.91. The fraction of sp³-hybridized carbons (Fsp3) is 0. The topological polar surface area (TPSA) is 72.3 Å². The summed E-state index contributed by atoms with van der Waals surface area (Å²) in [6.45, 7) is 0. The highest BCUT2D eigenvalue weighted by Crippen LogP contribution is 2.42. The molecule has 0 unspecified atom stereocenters. The number of hydrogen-bond acceptors (Lipinski definition) is 5. The highest BCUT2D eigenvalue weighted by molar-refractivity contribution is 7.20. The molecule has 0 saturated heterocycles. The van der Waals surface area contributed by atoms with Gasteiger partial charge in [0.2, 0.25) is 0 Å². The zero-order chi connectivity index (χ0) is 25.5. The molecule has 0 saturated carbocycles. The van der Waals surface area contributed by atoms with Crippen molar-refractivity contribution in [3.05, 3.63) is 155 Å². The second kappa shape index (κ2) is 11.1. The summed E-state index contributed by atoms with van der Waals surface area (Å²) >= 11 is 1.25. The van der Waals surface area contributed by atoms with E-state index in [-0.39, 0.29) is 11.1 Å². The van der Waals surface area contributed by atoms with Crippen LogP contribution in [0.2, 0.25) is 0 Å². The molecule has 0 radical (unpaired) electrons. The van der Waals surface area contributed by atoms with Gasteiger partial charge in [0.05, 0.1) is 11.4 Å². The van der Waals surface area contributed by atoms with Crippen LogP contribution in [-0.4, -0.2) is 11.4 Å². The maximum absolute atomic E-state index is 10.1. The second-order valence-electron chi connectivity index (χ2n) is 8.07. The Labute approximate surface area is 219 Å². The van der Waals surface area contributed by atoms with E-state index in [2.05, 4.69) is 12.1 Å². The van der Waals surface area contributed by atoms with E-state index >= 15 is 0 Å². The fourth-order valence-electron chi connectivity index (χ4n) is 3.95. The third-order valence-corrected chi connectivity index (χ3v) is 6.69. The predicted octanol–water partition coefficient (Wildman–Crippen LogP) is 7.83. The Morgan fingerprint density at radius 1 is 0.459 bits per heavy atom. The van der Waals surface area contributed by atoms with E-state index in [1.165, 1.54) is 11.3 Å². The SMILES string of the molecule is N#Cc1c(N=C(c2ccccc2)c2ccccc2)sc(N=C(c2ccccc2)c2ccccc2)c1C#N. The van der Waals surface area contributed by atoms with Gasteiger partial charge in [0.15, 0.2) is 0 Å². The highest BCUT2D eigenvalue weighted by atomic mass is 32.1. The highest BCUT2D eigenvalue weighted by Gasteiger charge is 2.20. The first-order valence-corrected chi connectivity index (χ1v) is 12.5. The molecule has 4 aromatic carbocycles. The average Bonchev–Trinajstić information content (AvgIpc) is 3.32. The molecule has 0 N–H and O–H groups in total. The van der Waals surface area contributed by atoms with Crippen molar-refractivity contribution in [1.82, 2.24) is 0 Å². The minimum absolute atomic E-state index is 0.232. The van der Waals surface area contributed by atoms with E-state index in [0.29, 0.717) is 10.0 Å². The van der Waals surface area contributed by atoms with Gasteiger partial charge in [-0.05, 0) is 0 Å². The average molecular weight is 493 g/mol.